The summed E-state index contributed by atoms with van der Waals surface area (Å²) in [5.74, 6) is -2.17. The standard InChI is InChI=1S/C19H19N3O6S3/c1-12-17(13-6-4-3-5-7-13)19(12,18(23)24)21-31(27,28)16-9-8-15(29-16)22-11-14(10-20-22)30(2,25)26/h3-12,17,21H,1-2H3,(H,23,24)/t12?,17-,19+/m1/s1. The molecule has 0 amide bonds. The molecule has 1 aliphatic rings. The molecule has 2 heterocycles. The highest BCUT2D eigenvalue weighted by Gasteiger charge is 2.70. The van der Waals surface area contributed by atoms with Crippen LogP contribution in [-0.2, 0) is 24.7 Å². The maximum Gasteiger partial charge on any atom is 0.325 e. The number of sulfonamides is 1. The largest absolute Gasteiger partial charge is 0.480 e. The van der Waals surface area contributed by atoms with Crippen LogP contribution in [0.4, 0.5) is 0 Å². The third-order valence-electron chi connectivity index (χ3n) is 5.46. The van der Waals surface area contributed by atoms with E-state index in [2.05, 4.69) is 9.82 Å². The van der Waals surface area contributed by atoms with Gasteiger partial charge in [-0.3, -0.25) is 4.79 Å². The second-order valence-electron chi connectivity index (χ2n) is 7.44. The number of sulfone groups is 1. The number of nitrogens with zero attached hydrogens (tertiary/aromatic N) is 2. The first-order valence-electron chi connectivity index (χ1n) is 9.14. The second kappa shape index (κ2) is 7.26. The van der Waals surface area contributed by atoms with Gasteiger partial charge in [-0.05, 0) is 23.6 Å². The molecular weight excluding hydrogens is 462 g/mol. The van der Waals surface area contributed by atoms with Crippen LogP contribution in [0.1, 0.15) is 18.4 Å². The van der Waals surface area contributed by atoms with Crippen LogP contribution in [0.3, 0.4) is 0 Å². The molecule has 1 unspecified atom stereocenters. The fraction of sp³-hybridized carbons (Fsp3) is 0.263. The predicted molar refractivity (Wildman–Crippen MR) is 114 cm³/mol. The van der Waals surface area contributed by atoms with Crippen LogP contribution in [0.25, 0.3) is 5.00 Å². The van der Waals surface area contributed by atoms with E-state index in [4.69, 9.17) is 0 Å². The summed E-state index contributed by atoms with van der Waals surface area (Å²) >= 11 is 0.858. The van der Waals surface area contributed by atoms with Crippen LogP contribution < -0.4 is 4.72 Å². The number of hydrogen-bond donors (Lipinski definition) is 2. The van der Waals surface area contributed by atoms with Gasteiger partial charge in [0.2, 0.25) is 0 Å². The predicted octanol–water partition coefficient (Wildman–Crippen LogP) is 1.87. The number of aromatic nitrogens is 2. The summed E-state index contributed by atoms with van der Waals surface area (Å²) < 4.78 is 52.9. The quantitative estimate of drug-likeness (QED) is 0.526. The van der Waals surface area contributed by atoms with Gasteiger partial charge in [-0.25, -0.2) is 21.5 Å². The number of carboxylic acids is 1. The third kappa shape index (κ3) is 3.69. The van der Waals surface area contributed by atoms with Crippen molar-refractivity contribution in [1.29, 1.82) is 0 Å². The summed E-state index contributed by atoms with van der Waals surface area (Å²) in [5, 5.41) is 14.2. The summed E-state index contributed by atoms with van der Waals surface area (Å²) in [6.45, 7) is 1.70. The lowest BCUT2D eigenvalue weighted by Gasteiger charge is -2.15. The van der Waals surface area contributed by atoms with E-state index in [-0.39, 0.29) is 9.10 Å². The number of hydrogen-bond acceptors (Lipinski definition) is 7. The van der Waals surface area contributed by atoms with Gasteiger partial charge in [-0.15, -0.1) is 11.3 Å². The smallest absolute Gasteiger partial charge is 0.325 e. The molecule has 0 saturated heterocycles. The fourth-order valence-electron chi connectivity index (χ4n) is 3.77. The molecule has 2 N–H and O–H groups in total. The van der Waals surface area contributed by atoms with Gasteiger partial charge in [0.25, 0.3) is 10.0 Å². The molecule has 1 aromatic carbocycles. The Morgan fingerprint density at radius 3 is 2.42 bits per heavy atom. The number of carboxylic acid groups (broad SMARTS) is 1. The molecule has 1 fully saturated rings. The van der Waals surface area contributed by atoms with E-state index in [1.165, 1.54) is 29.2 Å². The topological polar surface area (TPSA) is 135 Å². The molecule has 1 aliphatic carbocycles. The first kappa shape index (κ1) is 21.7. The highest BCUT2D eigenvalue weighted by molar-refractivity contribution is 7.91. The molecule has 4 rings (SSSR count). The minimum absolute atomic E-state index is 0.00534. The summed E-state index contributed by atoms with van der Waals surface area (Å²) in [6, 6.07) is 11.7. The summed E-state index contributed by atoms with van der Waals surface area (Å²) in [5.41, 5.74) is -0.892. The van der Waals surface area contributed by atoms with Crippen molar-refractivity contribution in [3.63, 3.8) is 0 Å². The van der Waals surface area contributed by atoms with Crippen LogP contribution in [0.5, 0.6) is 0 Å². The molecule has 12 heteroatoms. The first-order chi connectivity index (χ1) is 14.5. The highest BCUT2D eigenvalue weighted by atomic mass is 32.2. The molecule has 1 saturated carbocycles. The van der Waals surface area contributed by atoms with Crippen molar-refractivity contribution in [1.82, 2.24) is 14.5 Å². The molecule has 3 atom stereocenters. The van der Waals surface area contributed by atoms with Crippen molar-refractivity contribution in [2.45, 2.75) is 27.5 Å². The maximum absolute atomic E-state index is 13.0. The molecule has 0 aliphatic heterocycles. The van der Waals surface area contributed by atoms with Crippen LogP contribution >= 0.6 is 11.3 Å². The lowest BCUT2D eigenvalue weighted by molar-refractivity contribution is -0.140. The molecule has 3 aromatic rings. The number of rotatable bonds is 7. The molecule has 164 valence electrons. The second-order valence-corrected chi connectivity index (χ2v) is 12.4. The molecule has 31 heavy (non-hydrogen) atoms. The first-order valence-corrected chi connectivity index (χ1v) is 13.3. The van der Waals surface area contributed by atoms with E-state index in [0.717, 1.165) is 23.2 Å². The third-order valence-corrected chi connectivity index (χ3v) is 9.58. The lowest BCUT2D eigenvalue weighted by atomic mass is 10.1. The molecule has 0 radical (unpaired) electrons. The lowest BCUT2D eigenvalue weighted by Crippen LogP contribution is -2.45. The van der Waals surface area contributed by atoms with Crippen LogP contribution in [-0.4, -0.2) is 49.5 Å². The van der Waals surface area contributed by atoms with Crippen molar-refractivity contribution in [3.05, 3.63) is 60.4 Å². The molecule has 0 bridgehead atoms. The van der Waals surface area contributed by atoms with E-state index in [9.17, 15) is 26.7 Å². The number of thiophene rings is 1. The van der Waals surface area contributed by atoms with Crippen LogP contribution in [0.15, 0.2) is 64.0 Å². The van der Waals surface area contributed by atoms with Crippen molar-refractivity contribution < 1.29 is 26.7 Å². The number of benzene rings is 1. The monoisotopic (exact) mass is 481 g/mol. The van der Waals surface area contributed by atoms with Gasteiger partial charge >= 0.3 is 5.97 Å². The average molecular weight is 482 g/mol. The Bertz CT molecular complexity index is 1360. The van der Waals surface area contributed by atoms with Gasteiger partial charge in [-0.1, -0.05) is 37.3 Å². The van der Waals surface area contributed by atoms with E-state index in [0.29, 0.717) is 5.00 Å². The van der Waals surface area contributed by atoms with Gasteiger partial charge in [0, 0.05) is 12.2 Å². The van der Waals surface area contributed by atoms with Gasteiger partial charge in [0.05, 0.1) is 12.4 Å². The number of aliphatic carboxylic acids is 1. The minimum Gasteiger partial charge on any atom is -0.480 e. The van der Waals surface area contributed by atoms with Gasteiger partial charge < -0.3 is 5.11 Å². The van der Waals surface area contributed by atoms with Gasteiger partial charge in [0.15, 0.2) is 9.84 Å². The average Bonchev–Trinajstić information content (AvgIpc) is 3.13. The summed E-state index contributed by atoms with van der Waals surface area (Å²) in [7, 11) is -7.60. The zero-order valence-corrected chi connectivity index (χ0v) is 18.9. The SMILES string of the molecule is CC1[C@H](c2ccccc2)[C@]1(NS(=O)(=O)c1ccc(-n2cc(S(C)(=O)=O)cn2)s1)C(=O)O. The Morgan fingerprint density at radius 1 is 1.16 bits per heavy atom. The van der Waals surface area contributed by atoms with Crippen molar-refractivity contribution >= 4 is 37.2 Å². The molecule has 0 spiro atoms. The molecule has 9 nitrogen and oxygen atoms in total. The van der Waals surface area contributed by atoms with E-state index >= 15 is 0 Å². The Balaban J connectivity index is 1.64. The van der Waals surface area contributed by atoms with Crippen LogP contribution in [0.2, 0.25) is 0 Å². The fourth-order valence-corrected chi connectivity index (χ4v) is 6.98. The Kier molecular flexibility index (Phi) is 5.08. The Hall–Kier alpha value is -2.54. The number of carbonyl (C=O) groups is 1. The van der Waals surface area contributed by atoms with Crippen molar-refractivity contribution in [2.24, 2.45) is 5.92 Å². The normalized spacial score (nSPS) is 23.5. The Labute approximate surface area is 183 Å². The van der Waals surface area contributed by atoms with E-state index < -0.39 is 43.2 Å². The van der Waals surface area contributed by atoms with E-state index in [1.807, 2.05) is 0 Å². The zero-order chi connectivity index (χ0) is 22.6. The maximum atomic E-state index is 13.0. The van der Waals surface area contributed by atoms with Crippen molar-refractivity contribution in [2.75, 3.05) is 6.26 Å². The van der Waals surface area contributed by atoms with Crippen molar-refractivity contribution in [3.8, 4) is 5.00 Å². The summed E-state index contributed by atoms with van der Waals surface area (Å²) in [6.07, 6.45) is 3.52. The van der Waals surface area contributed by atoms with E-state index in [1.54, 1.807) is 37.3 Å². The van der Waals surface area contributed by atoms with Gasteiger partial charge in [-0.2, -0.15) is 9.82 Å². The van der Waals surface area contributed by atoms with Gasteiger partial charge in [0.1, 0.15) is 19.6 Å². The minimum atomic E-state index is -4.15. The highest BCUT2D eigenvalue weighted by Crippen LogP contribution is 2.58. The zero-order valence-electron chi connectivity index (χ0n) is 16.5. The molecular formula is C19H19N3O6S3. The van der Waals surface area contributed by atoms with Crippen LogP contribution in [0, 0.1) is 5.92 Å². The molecule has 2 aromatic heterocycles. The Morgan fingerprint density at radius 2 is 1.84 bits per heavy atom. The summed E-state index contributed by atoms with van der Waals surface area (Å²) in [4.78, 5) is 12.1. The number of nitrogens with one attached hydrogen (secondary N) is 1.